The quantitative estimate of drug-likeness (QED) is 0.0985. The molecule has 2 aromatic heterocycles. The number of aryl methyl sites for hydroxylation is 2. The van der Waals surface area contributed by atoms with Crippen molar-refractivity contribution in [2.45, 2.75) is 13.8 Å². The number of hydrogen-bond acceptors (Lipinski definition) is 8. The van der Waals surface area contributed by atoms with Crippen molar-refractivity contribution in [2.24, 2.45) is 0 Å². The van der Waals surface area contributed by atoms with Crippen molar-refractivity contribution in [3.63, 3.8) is 0 Å². The molecule has 0 atom stereocenters. The molecule has 0 saturated carbocycles. The molecule has 50 heavy (non-hydrogen) atoms. The number of benzene rings is 4. The Kier molecular flexibility index (Phi) is 5.75. The first-order chi connectivity index (χ1) is 24.1. The summed E-state index contributed by atoms with van der Waals surface area (Å²) in [6.07, 6.45) is 0. The van der Waals surface area contributed by atoms with E-state index in [2.05, 4.69) is 19.1 Å². The number of carbonyl (C=O) groups is 4. The first-order valence-corrected chi connectivity index (χ1v) is 17.6. The molecule has 0 fully saturated rings. The molecular formula is C40H24N2O6S2. The SMILES string of the molecule is Cc1ccc2c(c1)N(C)C(=O)/C2=C1/C(=O)Oc2c1ccc1c3c(ccc21)/C(=C1\C(=O)N(C)c2cc(-c4cc5sc(C)cc5s4)ccc21)C(=O)O3. The molecular weight excluding hydrogens is 669 g/mol. The summed E-state index contributed by atoms with van der Waals surface area (Å²) in [5.41, 5.74) is 6.76. The second-order valence-electron chi connectivity index (χ2n) is 12.9. The molecule has 0 radical (unpaired) electrons. The van der Waals surface area contributed by atoms with Crippen molar-refractivity contribution in [1.82, 2.24) is 0 Å². The van der Waals surface area contributed by atoms with Crippen molar-refractivity contribution in [2.75, 3.05) is 23.9 Å². The Hall–Kier alpha value is -5.84. The first-order valence-electron chi connectivity index (χ1n) is 15.9. The molecule has 242 valence electrons. The third kappa shape index (κ3) is 3.74. The summed E-state index contributed by atoms with van der Waals surface area (Å²) in [6.45, 7) is 4.05. The van der Waals surface area contributed by atoms with Gasteiger partial charge >= 0.3 is 11.9 Å². The predicted molar refractivity (Wildman–Crippen MR) is 197 cm³/mol. The number of esters is 2. The van der Waals surface area contributed by atoms with Crippen LogP contribution in [0, 0.1) is 13.8 Å². The lowest BCUT2D eigenvalue weighted by molar-refractivity contribution is -0.127. The second-order valence-corrected chi connectivity index (χ2v) is 15.3. The number of fused-ring (bicyclic) bond motifs is 8. The van der Waals surface area contributed by atoms with E-state index >= 15 is 0 Å². The minimum absolute atomic E-state index is 0.198. The number of ether oxygens (including phenoxy) is 2. The molecule has 8 nitrogen and oxygen atoms in total. The predicted octanol–water partition coefficient (Wildman–Crippen LogP) is 8.01. The summed E-state index contributed by atoms with van der Waals surface area (Å²) in [7, 11) is 3.41. The van der Waals surface area contributed by atoms with E-state index in [9.17, 15) is 19.2 Å². The standard InChI is InChI=1S/C40H24N2O6S2/c1-17-5-7-22-26(13-17)41(3)37(43)31(22)33-24-11-9-21-20(35(24)47-39(33)45)10-12-25-34(40(46)48-36(21)25)32-23-8-6-19(15-27(23)42(4)38(32)44)28-16-30-29(50-28)14-18(2)49-30/h5-16H,1-4H3/b33-31+,34-32+. The van der Waals surface area contributed by atoms with Crippen molar-refractivity contribution in [1.29, 1.82) is 0 Å². The zero-order valence-corrected chi connectivity index (χ0v) is 28.7. The maximum atomic E-state index is 13.8. The van der Waals surface area contributed by atoms with E-state index in [1.807, 2.05) is 43.3 Å². The average molecular weight is 693 g/mol. The van der Waals surface area contributed by atoms with Gasteiger partial charge in [-0.1, -0.05) is 24.3 Å². The minimum Gasteiger partial charge on any atom is -0.422 e. The topological polar surface area (TPSA) is 93.2 Å². The van der Waals surface area contributed by atoms with Crippen LogP contribution in [0.4, 0.5) is 11.4 Å². The molecule has 0 aliphatic carbocycles. The molecule has 2 amide bonds. The number of likely N-dealkylation sites (N-methyl/N-ethyl adjacent to an activating group) is 2. The third-order valence-electron chi connectivity index (χ3n) is 10.0. The van der Waals surface area contributed by atoms with Crippen LogP contribution >= 0.6 is 22.7 Å². The molecule has 6 heterocycles. The highest BCUT2D eigenvalue weighted by atomic mass is 32.1. The summed E-state index contributed by atoms with van der Waals surface area (Å²) >= 11 is 3.48. The van der Waals surface area contributed by atoms with Gasteiger partial charge in [-0.2, -0.15) is 0 Å². The van der Waals surface area contributed by atoms with Crippen LogP contribution < -0.4 is 19.3 Å². The lowest BCUT2D eigenvalue weighted by Gasteiger charge is -2.10. The molecule has 0 saturated heterocycles. The summed E-state index contributed by atoms with van der Waals surface area (Å²) in [5.74, 6) is -1.23. The van der Waals surface area contributed by atoms with E-state index in [1.165, 1.54) is 14.3 Å². The van der Waals surface area contributed by atoms with Crippen molar-refractivity contribution in [3.05, 3.63) is 105 Å². The van der Waals surface area contributed by atoms with Crippen LogP contribution in [-0.4, -0.2) is 37.8 Å². The van der Waals surface area contributed by atoms with Crippen molar-refractivity contribution >= 4 is 100 Å². The molecule has 10 rings (SSSR count). The van der Waals surface area contributed by atoms with Gasteiger partial charge in [0.25, 0.3) is 11.8 Å². The van der Waals surface area contributed by atoms with Crippen molar-refractivity contribution in [3.8, 4) is 21.9 Å². The highest BCUT2D eigenvalue weighted by Crippen LogP contribution is 2.52. The van der Waals surface area contributed by atoms with Crippen LogP contribution in [0.25, 0.3) is 52.9 Å². The van der Waals surface area contributed by atoms with Gasteiger partial charge in [-0.05, 0) is 73.5 Å². The van der Waals surface area contributed by atoms with Gasteiger partial charge in [0.2, 0.25) is 0 Å². The van der Waals surface area contributed by atoms with Gasteiger partial charge in [0.05, 0.1) is 33.7 Å². The van der Waals surface area contributed by atoms with Crippen LogP contribution in [0.1, 0.15) is 32.7 Å². The van der Waals surface area contributed by atoms with Gasteiger partial charge in [-0.15, -0.1) is 22.7 Å². The largest absolute Gasteiger partial charge is 0.422 e. The fourth-order valence-corrected chi connectivity index (χ4v) is 9.93. The number of nitrogens with zero attached hydrogens (tertiary/aromatic N) is 2. The molecule has 4 aliphatic heterocycles. The van der Waals surface area contributed by atoms with Crippen LogP contribution in [0.2, 0.25) is 0 Å². The van der Waals surface area contributed by atoms with E-state index in [0.29, 0.717) is 50.1 Å². The monoisotopic (exact) mass is 692 g/mol. The van der Waals surface area contributed by atoms with E-state index in [0.717, 1.165) is 27.4 Å². The van der Waals surface area contributed by atoms with Gasteiger partial charge in [0.1, 0.15) is 11.5 Å². The van der Waals surface area contributed by atoms with E-state index in [4.69, 9.17) is 9.47 Å². The Morgan fingerprint density at radius 2 is 1.06 bits per heavy atom. The van der Waals surface area contributed by atoms with Crippen LogP contribution in [0.5, 0.6) is 11.5 Å². The Bertz CT molecular complexity index is 2710. The minimum atomic E-state index is -0.623. The summed E-state index contributed by atoms with van der Waals surface area (Å²) in [5, 5.41) is 1.11. The number of carbonyl (C=O) groups excluding carboxylic acids is 4. The lowest BCUT2D eigenvalue weighted by Crippen LogP contribution is -2.21. The Morgan fingerprint density at radius 1 is 0.540 bits per heavy atom. The van der Waals surface area contributed by atoms with Gasteiger partial charge in [-0.3, -0.25) is 9.59 Å². The van der Waals surface area contributed by atoms with Crippen LogP contribution in [-0.2, 0) is 19.2 Å². The normalized spacial score (nSPS) is 19.1. The van der Waals surface area contributed by atoms with E-state index < -0.39 is 11.9 Å². The van der Waals surface area contributed by atoms with Crippen molar-refractivity contribution < 1.29 is 28.7 Å². The van der Waals surface area contributed by atoms with Gasteiger partial charge in [-0.25, -0.2) is 9.59 Å². The molecule has 4 aromatic carbocycles. The highest BCUT2D eigenvalue weighted by Gasteiger charge is 2.43. The molecule has 0 unspecified atom stereocenters. The average Bonchev–Trinajstić information content (AvgIpc) is 3.91. The molecule has 0 bridgehead atoms. The maximum absolute atomic E-state index is 13.8. The molecule has 10 heteroatoms. The van der Waals surface area contributed by atoms with E-state index in [1.54, 1.807) is 70.8 Å². The number of hydrogen-bond donors (Lipinski definition) is 0. The number of thiophene rings is 2. The van der Waals surface area contributed by atoms with Gasteiger partial charge < -0.3 is 19.3 Å². The van der Waals surface area contributed by atoms with Crippen LogP contribution in [0.15, 0.2) is 72.8 Å². The summed E-state index contributed by atoms with van der Waals surface area (Å²) < 4.78 is 14.2. The zero-order valence-electron chi connectivity index (χ0n) is 27.1. The van der Waals surface area contributed by atoms with E-state index in [-0.39, 0.29) is 28.5 Å². The Balaban J connectivity index is 1.10. The number of anilines is 2. The fraction of sp³-hybridized carbons (Fsp3) is 0.100. The maximum Gasteiger partial charge on any atom is 0.345 e. The number of amides is 2. The summed E-state index contributed by atoms with van der Waals surface area (Å²) in [6, 6.07) is 23.0. The molecule has 0 N–H and O–H groups in total. The van der Waals surface area contributed by atoms with Gasteiger partial charge in [0.15, 0.2) is 0 Å². The molecule has 0 spiro atoms. The molecule has 4 aliphatic rings. The number of rotatable bonds is 1. The second kappa shape index (κ2) is 9.87. The first kappa shape index (κ1) is 29.1. The third-order valence-corrected chi connectivity index (χ3v) is 12.3. The van der Waals surface area contributed by atoms with Crippen LogP contribution in [0.3, 0.4) is 0 Å². The lowest BCUT2D eigenvalue weighted by atomic mass is 9.92. The summed E-state index contributed by atoms with van der Waals surface area (Å²) in [4.78, 5) is 59.9. The zero-order chi connectivity index (χ0) is 34.3. The highest BCUT2D eigenvalue weighted by molar-refractivity contribution is 7.29. The smallest absolute Gasteiger partial charge is 0.345 e. The Labute approximate surface area is 293 Å². The fourth-order valence-electron chi connectivity index (χ4n) is 7.62. The van der Waals surface area contributed by atoms with Gasteiger partial charge in [0, 0.05) is 66.3 Å². The Morgan fingerprint density at radius 3 is 1.64 bits per heavy atom. The molecule has 6 aromatic rings.